The van der Waals surface area contributed by atoms with Crippen LogP contribution in [0.2, 0.25) is 10.0 Å². The van der Waals surface area contributed by atoms with Gasteiger partial charge in [-0.25, -0.2) is 4.79 Å². The van der Waals surface area contributed by atoms with Crippen LogP contribution in [0.1, 0.15) is 24.3 Å². The fourth-order valence-corrected chi connectivity index (χ4v) is 5.37. The molecule has 0 aliphatic carbocycles. The van der Waals surface area contributed by atoms with E-state index in [1.165, 1.54) is 16.2 Å². The number of carbonyl (C=O) groups excluding carboxylic acids is 1. The van der Waals surface area contributed by atoms with Crippen LogP contribution in [-0.2, 0) is 4.79 Å². The van der Waals surface area contributed by atoms with Crippen molar-refractivity contribution in [1.29, 1.82) is 0 Å². The summed E-state index contributed by atoms with van der Waals surface area (Å²) >= 11 is 13.8. The second-order valence-electron chi connectivity index (χ2n) is 7.97. The fourth-order valence-electron chi connectivity index (χ4n) is 4.45. The van der Waals surface area contributed by atoms with Crippen LogP contribution in [0.4, 0.5) is 9.93 Å². The minimum absolute atomic E-state index is 0.0764. The lowest BCUT2D eigenvalue weighted by Gasteiger charge is -2.32. The zero-order valence-electron chi connectivity index (χ0n) is 16.9. The summed E-state index contributed by atoms with van der Waals surface area (Å²) in [5, 5.41) is 19.3. The molecule has 2 atom stereocenters. The highest BCUT2D eigenvalue weighted by atomic mass is 35.5. The van der Waals surface area contributed by atoms with Crippen molar-refractivity contribution in [1.82, 2.24) is 20.0 Å². The summed E-state index contributed by atoms with van der Waals surface area (Å²) in [4.78, 5) is 30.2. The molecule has 11 heteroatoms. The van der Waals surface area contributed by atoms with Crippen molar-refractivity contribution in [3.63, 3.8) is 0 Å². The van der Waals surface area contributed by atoms with Crippen LogP contribution in [0.15, 0.2) is 23.7 Å². The molecule has 31 heavy (non-hydrogen) atoms. The molecule has 2 fully saturated rings. The van der Waals surface area contributed by atoms with Crippen molar-refractivity contribution < 1.29 is 14.7 Å². The van der Waals surface area contributed by atoms with Gasteiger partial charge in [0.25, 0.3) is 0 Å². The summed E-state index contributed by atoms with van der Waals surface area (Å²) < 4.78 is 0. The van der Waals surface area contributed by atoms with E-state index in [2.05, 4.69) is 15.1 Å². The lowest BCUT2D eigenvalue weighted by molar-refractivity contribution is -0.135. The van der Waals surface area contributed by atoms with Crippen LogP contribution < -0.4 is 4.90 Å². The highest BCUT2D eigenvalue weighted by Gasteiger charge is 2.42. The number of carbonyl (C=O) groups is 2. The topological polar surface area (TPSA) is 89.9 Å². The van der Waals surface area contributed by atoms with Gasteiger partial charge in [-0.2, -0.15) is 0 Å². The third-order valence-electron chi connectivity index (χ3n) is 6.23. The van der Waals surface area contributed by atoms with E-state index >= 15 is 0 Å². The Bertz CT molecular complexity index is 952. The molecular formula is C20H23Cl2N5O3S. The van der Waals surface area contributed by atoms with E-state index in [1.54, 1.807) is 24.7 Å². The van der Waals surface area contributed by atoms with Gasteiger partial charge in [0.1, 0.15) is 5.51 Å². The molecule has 166 valence electrons. The van der Waals surface area contributed by atoms with Crippen molar-refractivity contribution in [2.75, 3.05) is 38.1 Å². The SMILES string of the molecule is CN(C(=O)O)[C@H]1CN(C(=O)C2CCN(c3nncs3)CC2)C[C@@H]1c1ccc(Cl)c(Cl)c1. The minimum Gasteiger partial charge on any atom is -0.465 e. The molecule has 0 saturated carbocycles. The van der Waals surface area contributed by atoms with E-state index < -0.39 is 6.09 Å². The lowest BCUT2D eigenvalue weighted by atomic mass is 9.93. The number of hydrogen-bond donors (Lipinski definition) is 1. The van der Waals surface area contributed by atoms with Crippen molar-refractivity contribution in [2.45, 2.75) is 24.8 Å². The summed E-state index contributed by atoms with van der Waals surface area (Å²) in [6.45, 7) is 2.33. The molecule has 0 bridgehead atoms. The fraction of sp³-hybridized carbons (Fsp3) is 0.500. The number of anilines is 1. The number of halogens is 2. The summed E-state index contributed by atoms with van der Waals surface area (Å²) in [5.41, 5.74) is 2.59. The van der Waals surface area contributed by atoms with E-state index in [1.807, 2.05) is 11.0 Å². The molecule has 3 heterocycles. The van der Waals surface area contributed by atoms with Gasteiger partial charge in [-0.1, -0.05) is 40.6 Å². The van der Waals surface area contributed by atoms with Gasteiger partial charge >= 0.3 is 6.09 Å². The third-order valence-corrected chi connectivity index (χ3v) is 7.72. The van der Waals surface area contributed by atoms with Crippen LogP contribution in [0.3, 0.4) is 0 Å². The third kappa shape index (κ3) is 4.58. The molecule has 0 spiro atoms. The van der Waals surface area contributed by atoms with E-state index in [4.69, 9.17) is 23.2 Å². The van der Waals surface area contributed by atoms with Gasteiger partial charge in [0.15, 0.2) is 0 Å². The Labute approximate surface area is 194 Å². The molecule has 8 nitrogen and oxygen atoms in total. The van der Waals surface area contributed by atoms with Crippen LogP contribution in [0.5, 0.6) is 0 Å². The van der Waals surface area contributed by atoms with Crippen molar-refractivity contribution in [2.24, 2.45) is 5.92 Å². The minimum atomic E-state index is -1.02. The second kappa shape index (κ2) is 9.18. The molecule has 0 unspecified atom stereocenters. The lowest BCUT2D eigenvalue weighted by Crippen LogP contribution is -2.44. The summed E-state index contributed by atoms with van der Waals surface area (Å²) in [6.07, 6.45) is 0.465. The Hall–Kier alpha value is -2.10. The quantitative estimate of drug-likeness (QED) is 0.713. The number of amides is 2. The van der Waals surface area contributed by atoms with Gasteiger partial charge in [-0.3, -0.25) is 4.79 Å². The highest BCUT2D eigenvalue weighted by molar-refractivity contribution is 7.13. The van der Waals surface area contributed by atoms with Gasteiger partial charge < -0.3 is 19.8 Å². The molecular weight excluding hydrogens is 461 g/mol. The molecule has 2 aromatic rings. The van der Waals surface area contributed by atoms with Gasteiger partial charge in [-0.15, -0.1) is 10.2 Å². The van der Waals surface area contributed by atoms with Crippen LogP contribution in [0, 0.1) is 5.92 Å². The first-order valence-electron chi connectivity index (χ1n) is 10.1. The number of piperidine rings is 1. The Kier molecular flexibility index (Phi) is 6.55. The molecule has 2 aliphatic heterocycles. The average Bonchev–Trinajstić information content (AvgIpc) is 3.45. The number of benzene rings is 1. The summed E-state index contributed by atoms with van der Waals surface area (Å²) in [5.74, 6) is -0.155. The smallest absolute Gasteiger partial charge is 0.407 e. The van der Waals surface area contributed by atoms with Crippen molar-refractivity contribution in [3.05, 3.63) is 39.3 Å². The predicted molar refractivity (Wildman–Crippen MR) is 120 cm³/mol. The maximum atomic E-state index is 13.3. The average molecular weight is 484 g/mol. The molecule has 0 radical (unpaired) electrons. The van der Waals surface area contributed by atoms with Crippen LogP contribution in [0.25, 0.3) is 0 Å². The summed E-state index contributed by atoms with van der Waals surface area (Å²) in [7, 11) is 1.55. The van der Waals surface area contributed by atoms with E-state index in [0.29, 0.717) is 23.1 Å². The van der Waals surface area contributed by atoms with E-state index in [0.717, 1.165) is 36.6 Å². The molecule has 2 saturated heterocycles. The zero-order chi connectivity index (χ0) is 22.1. The first-order valence-corrected chi connectivity index (χ1v) is 11.7. The molecule has 1 aromatic heterocycles. The van der Waals surface area contributed by atoms with Crippen molar-refractivity contribution >= 4 is 51.7 Å². The van der Waals surface area contributed by atoms with Crippen LogP contribution in [-0.4, -0.2) is 76.4 Å². The number of rotatable bonds is 4. The Balaban J connectivity index is 1.47. The molecule has 2 aliphatic rings. The molecule has 4 rings (SSSR count). The number of carboxylic acid groups (broad SMARTS) is 1. The highest BCUT2D eigenvalue weighted by Crippen LogP contribution is 2.36. The molecule has 1 N–H and O–H groups in total. The number of likely N-dealkylation sites (tertiary alicyclic amines) is 1. The predicted octanol–water partition coefficient (Wildman–Crippen LogP) is 3.67. The normalized spacial score (nSPS) is 22.0. The second-order valence-corrected chi connectivity index (χ2v) is 9.59. The van der Waals surface area contributed by atoms with Crippen molar-refractivity contribution in [3.8, 4) is 0 Å². The molecule has 1 aromatic carbocycles. The first-order chi connectivity index (χ1) is 14.8. The largest absolute Gasteiger partial charge is 0.465 e. The maximum absolute atomic E-state index is 13.3. The molecule has 2 amide bonds. The monoisotopic (exact) mass is 483 g/mol. The first kappa shape index (κ1) is 22.1. The van der Waals surface area contributed by atoms with Gasteiger partial charge in [0.05, 0.1) is 16.1 Å². The Morgan fingerprint density at radius 1 is 1.19 bits per heavy atom. The number of nitrogens with zero attached hydrogens (tertiary/aromatic N) is 5. The van der Waals surface area contributed by atoms with Gasteiger partial charge in [0.2, 0.25) is 11.0 Å². The van der Waals surface area contributed by atoms with Gasteiger partial charge in [0, 0.05) is 45.1 Å². The number of hydrogen-bond acceptors (Lipinski definition) is 6. The van der Waals surface area contributed by atoms with E-state index in [-0.39, 0.29) is 23.8 Å². The van der Waals surface area contributed by atoms with Crippen LogP contribution >= 0.6 is 34.5 Å². The summed E-state index contributed by atoms with van der Waals surface area (Å²) in [6, 6.07) is 4.99. The Morgan fingerprint density at radius 3 is 2.55 bits per heavy atom. The zero-order valence-corrected chi connectivity index (χ0v) is 19.3. The number of likely N-dealkylation sites (N-methyl/N-ethyl adjacent to an activating group) is 1. The Morgan fingerprint density at radius 2 is 1.94 bits per heavy atom. The standard InChI is InChI=1S/C20H23Cl2N5O3S/c1-25(20(29)30)17-10-27(9-14(17)13-2-3-15(21)16(22)8-13)18(28)12-4-6-26(7-5-12)19-24-23-11-31-19/h2-3,8,11-12,14,17H,4-7,9-10H2,1H3,(H,29,30)/t14-,17+/m1/s1. The maximum Gasteiger partial charge on any atom is 0.407 e. The van der Waals surface area contributed by atoms with Gasteiger partial charge in [-0.05, 0) is 30.5 Å². The number of aromatic nitrogens is 2. The van der Waals surface area contributed by atoms with E-state index in [9.17, 15) is 14.7 Å².